The van der Waals surface area contributed by atoms with Crippen LogP contribution in [-0.2, 0) is 0 Å². The number of rotatable bonds is 3. The third-order valence-corrected chi connectivity index (χ3v) is 4.31. The molecule has 16 heavy (non-hydrogen) atoms. The van der Waals surface area contributed by atoms with Crippen LogP contribution in [0.25, 0.3) is 0 Å². The Morgan fingerprint density at radius 1 is 1.56 bits per heavy atom. The number of benzene rings is 1. The molecule has 0 saturated heterocycles. The minimum Gasteiger partial charge on any atom is -0.507 e. The SMILES string of the molecule is CC(C)(CBr)NC(=O)c1ccc(I)c(O)c1. The molecule has 0 heterocycles. The average molecular weight is 398 g/mol. The first-order valence-electron chi connectivity index (χ1n) is 4.73. The van der Waals surface area contributed by atoms with Crippen molar-refractivity contribution in [2.45, 2.75) is 19.4 Å². The Morgan fingerprint density at radius 3 is 2.69 bits per heavy atom. The number of nitrogens with one attached hydrogen (secondary N) is 1. The molecule has 0 aliphatic heterocycles. The summed E-state index contributed by atoms with van der Waals surface area (Å²) in [5, 5.41) is 13.0. The van der Waals surface area contributed by atoms with Crippen LogP contribution < -0.4 is 5.32 Å². The van der Waals surface area contributed by atoms with Gasteiger partial charge < -0.3 is 10.4 Å². The lowest BCUT2D eigenvalue weighted by Gasteiger charge is -2.23. The van der Waals surface area contributed by atoms with E-state index >= 15 is 0 Å². The van der Waals surface area contributed by atoms with Crippen molar-refractivity contribution >= 4 is 44.4 Å². The summed E-state index contributed by atoms with van der Waals surface area (Å²) in [6.07, 6.45) is 0. The maximum atomic E-state index is 11.8. The van der Waals surface area contributed by atoms with Gasteiger partial charge in [-0.15, -0.1) is 0 Å². The van der Waals surface area contributed by atoms with Gasteiger partial charge in [0.2, 0.25) is 0 Å². The molecule has 1 amide bonds. The van der Waals surface area contributed by atoms with E-state index in [0.29, 0.717) is 10.9 Å². The van der Waals surface area contributed by atoms with Crippen molar-refractivity contribution in [1.82, 2.24) is 5.32 Å². The largest absolute Gasteiger partial charge is 0.507 e. The van der Waals surface area contributed by atoms with E-state index in [-0.39, 0.29) is 17.2 Å². The average Bonchev–Trinajstić information content (AvgIpc) is 2.21. The molecule has 0 bridgehead atoms. The number of carbonyl (C=O) groups is 1. The number of hydrogen-bond donors (Lipinski definition) is 2. The molecule has 0 spiro atoms. The summed E-state index contributed by atoms with van der Waals surface area (Å²) in [7, 11) is 0. The van der Waals surface area contributed by atoms with Crippen molar-refractivity contribution in [1.29, 1.82) is 0 Å². The third kappa shape index (κ3) is 3.62. The highest BCUT2D eigenvalue weighted by Gasteiger charge is 2.19. The number of halogens is 2. The third-order valence-electron chi connectivity index (χ3n) is 1.99. The Morgan fingerprint density at radius 2 is 2.19 bits per heavy atom. The Hall–Kier alpha value is -0.300. The fourth-order valence-electron chi connectivity index (χ4n) is 1.07. The molecule has 1 aromatic rings. The Labute approximate surface area is 117 Å². The number of amides is 1. The van der Waals surface area contributed by atoms with Crippen molar-refractivity contribution in [3.63, 3.8) is 0 Å². The Kier molecular flexibility index (Phi) is 4.61. The van der Waals surface area contributed by atoms with E-state index in [1.165, 1.54) is 6.07 Å². The molecule has 0 aliphatic rings. The van der Waals surface area contributed by atoms with Crippen LogP contribution in [0.3, 0.4) is 0 Å². The summed E-state index contributed by atoms with van der Waals surface area (Å²) in [4.78, 5) is 11.8. The highest BCUT2D eigenvalue weighted by atomic mass is 127. The fraction of sp³-hybridized carbons (Fsp3) is 0.364. The van der Waals surface area contributed by atoms with Gasteiger partial charge in [-0.3, -0.25) is 4.79 Å². The van der Waals surface area contributed by atoms with Crippen LogP contribution in [-0.4, -0.2) is 21.9 Å². The molecule has 0 fully saturated rings. The van der Waals surface area contributed by atoms with E-state index in [1.807, 2.05) is 36.4 Å². The second-order valence-electron chi connectivity index (χ2n) is 4.14. The summed E-state index contributed by atoms with van der Waals surface area (Å²) in [6.45, 7) is 3.85. The van der Waals surface area contributed by atoms with Gasteiger partial charge in [0.1, 0.15) is 5.75 Å². The summed E-state index contributed by atoms with van der Waals surface area (Å²) in [6, 6.07) is 4.88. The Balaban J connectivity index is 2.85. The second-order valence-corrected chi connectivity index (χ2v) is 5.86. The van der Waals surface area contributed by atoms with Gasteiger partial charge in [0, 0.05) is 16.4 Å². The molecule has 3 nitrogen and oxygen atoms in total. The van der Waals surface area contributed by atoms with Crippen LogP contribution in [0.4, 0.5) is 0 Å². The van der Waals surface area contributed by atoms with Gasteiger partial charge in [0.15, 0.2) is 0 Å². The number of alkyl halides is 1. The monoisotopic (exact) mass is 397 g/mol. The van der Waals surface area contributed by atoms with E-state index in [4.69, 9.17) is 0 Å². The van der Waals surface area contributed by atoms with E-state index in [2.05, 4.69) is 21.2 Å². The molecule has 0 aliphatic carbocycles. The summed E-state index contributed by atoms with van der Waals surface area (Å²) in [5.41, 5.74) is 0.155. The minimum atomic E-state index is -0.310. The van der Waals surface area contributed by atoms with Gasteiger partial charge in [-0.25, -0.2) is 0 Å². The van der Waals surface area contributed by atoms with Gasteiger partial charge in [0.25, 0.3) is 5.91 Å². The number of phenolic OH excluding ortho intramolecular Hbond substituents is 1. The summed E-state index contributed by atoms with van der Waals surface area (Å²) in [5.74, 6) is -0.0546. The van der Waals surface area contributed by atoms with Crippen LogP contribution in [0.15, 0.2) is 18.2 Å². The zero-order valence-corrected chi connectivity index (χ0v) is 12.8. The molecule has 0 saturated carbocycles. The first-order valence-corrected chi connectivity index (χ1v) is 6.93. The van der Waals surface area contributed by atoms with Gasteiger partial charge in [-0.1, -0.05) is 15.9 Å². The molecular weight excluding hydrogens is 385 g/mol. The molecule has 0 unspecified atom stereocenters. The normalized spacial score (nSPS) is 11.2. The van der Waals surface area contributed by atoms with Crippen LogP contribution in [0.2, 0.25) is 0 Å². The lowest BCUT2D eigenvalue weighted by Crippen LogP contribution is -2.44. The van der Waals surface area contributed by atoms with Gasteiger partial charge in [-0.2, -0.15) is 0 Å². The molecule has 0 atom stereocenters. The summed E-state index contributed by atoms with van der Waals surface area (Å²) < 4.78 is 0.730. The van der Waals surface area contributed by atoms with Crippen LogP contribution in [0.5, 0.6) is 5.75 Å². The number of aromatic hydroxyl groups is 1. The summed E-state index contributed by atoms with van der Waals surface area (Å²) >= 11 is 5.34. The van der Waals surface area contributed by atoms with Crippen LogP contribution in [0, 0.1) is 3.57 Å². The van der Waals surface area contributed by atoms with Crippen molar-refractivity contribution in [3.05, 3.63) is 27.3 Å². The minimum absolute atomic E-state index is 0.130. The predicted octanol–water partition coefficient (Wildman–Crippen LogP) is 2.90. The zero-order chi connectivity index (χ0) is 12.3. The first-order chi connectivity index (χ1) is 7.35. The standard InChI is InChI=1S/C11H13BrINO2/c1-11(2,6-12)14-10(16)7-3-4-8(13)9(15)5-7/h3-5,15H,6H2,1-2H3,(H,14,16). The molecule has 0 radical (unpaired) electrons. The van der Waals surface area contributed by atoms with E-state index in [1.54, 1.807) is 12.1 Å². The van der Waals surface area contributed by atoms with Crippen LogP contribution in [0.1, 0.15) is 24.2 Å². The second kappa shape index (κ2) is 5.35. The van der Waals surface area contributed by atoms with E-state index < -0.39 is 0 Å². The van der Waals surface area contributed by atoms with Crippen LogP contribution >= 0.6 is 38.5 Å². The quantitative estimate of drug-likeness (QED) is 0.608. The van der Waals surface area contributed by atoms with Crippen molar-refractivity contribution in [2.75, 3.05) is 5.33 Å². The van der Waals surface area contributed by atoms with Crippen molar-refractivity contribution in [2.24, 2.45) is 0 Å². The maximum Gasteiger partial charge on any atom is 0.251 e. The van der Waals surface area contributed by atoms with E-state index in [9.17, 15) is 9.90 Å². The highest BCUT2D eigenvalue weighted by Crippen LogP contribution is 2.20. The molecule has 88 valence electrons. The van der Waals surface area contributed by atoms with Gasteiger partial charge in [0.05, 0.1) is 3.57 Å². The lowest BCUT2D eigenvalue weighted by atomic mass is 10.1. The predicted molar refractivity (Wildman–Crippen MR) is 76.2 cm³/mol. The number of hydrogen-bond acceptors (Lipinski definition) is 2. The molecule has 1 aromatic carbocycles. The van der Waals surface area contributed by atoms with E-state index in [0.717, 1.165) is 3.57 Å². The van der Waals surface area contributed by atoms with Crippen molar-refractivity contribution in [3.8, 4) is 5.75 Å². The topological polar surface area (TPSA) is 49.3 Å². The Bertz CT molecular complexity index is 407. The molecule has 2 N–H and O–H groups in total. The molecule has 0 aromatic heterocycles. The highest BCUT2D eigenvalue weighted by molar-refractivity contribution is 14.1. The van der Waals surface area contributed by atoms with Gasteiger partial charge >= 0.3 is 0 Å². The first kappa shape index (κ1) is 13.8. The van der Waals surface area contributed by atoms with Gasteiger partial charge in [-0.05, 0) is 54.6 Å². The zero-order valence-electron chi connectivity index (χ0n) is 9.05. The number of phenols is 1. The lowest BCUT2D eigenvalue weighted by molar-refractivity contribution is 0.0921. The fourth-order valence-corrected chi connectivity index (χ4v) is 1.54. The molecular formula is C11H13BrINO2. The smallest absolute Gasteiger partial charge is 0.251 e. The molecule has 1 rings (SSSR count). The van der Waals surface area contributed by atoms with Crippen molar-refractivity contribution < 1.29 is 9.90 Å². The molecule has 5 heteroatoms. The maximum absolute atomic E-state index is 11.8. The number of carbonyl (C=O) groups excluding carboxylic acids is 1.